The molecule has 0 aliphatic rings. The van der Waals surface area contributed by atoms with Crippen LogP contribution in [-0.2, 0) is 10.8 Å². The van der Waals surface area contributed by atoms with Crippen molar-refractivity contribution in [3.05, 3.63) is 17.2 Å². The van der Waals surface area contributed by atoms with Gasteiger partial charge < -0.3 is 4.98 Å². The Balaban J connectivity index is 3.27. The molecule has 2 nitrogen and oxygen atoms in total. The molecule has 1 N–H and O–H groups in total. The van der Waals surface area contributed by atoms with Crippen molar-refractivity contribution in [2.24, 2.45) is 5.92 Å². The molecule has 0 spiro atoms. The van der Waals surface area contributed by atoms with E-state index >= 15 is 0 Å². The van der Waals surface area contributed by atoms with E-state index in [0.29, 0.717) is 11.8 Å². The molecule has 0 saturated heterocycles. The molecule has 24 heavy (non-hydrogen) atoms. The average molecular weight is 335 g/mol. The maximum atomic E-state index is 5.20. The Morgan fingerprint density at radius 2 is 1.50 bits per heavy atom. The zero-order valence-corrected chi connectivity index (χ0v) is 17.8. The molecule has 1 atom stereocenters. The third kappa shape index (κ3) is 5.10. The fourth-order valence-electron chi connectivity index (χ4n) is 3.56. The lowest BCUT2D eigenvalue weighted by atomic mass is 9.79. The van der Waals surface area contributed by atoms with Crippen molar-refractivity contribution in [1.82, 2.24) is 9.97 Å². The number of imidazole rings is 1. The van der Waals surface area contributed by atoms with Gasteiger partial charge in [-0.25, -0.2) is 4.98 Å². The molecule has 0 bridgehead atoms. The molecule has 0 amide bonds. The zero-order chi connectivity index (χ0) is 18.5. The largest absolute Gasteiger partial charge is 0.345 e. The van der Waals surface area contributed by atoms with Crippen molar-refractivity contribution in [3.8, 4) is 0 Å². The van der Waals surface area contributed by atoms with Crippen LogP contribution in [0.4, 0.5) is 0 Å². The van der Waals surface area contributed by atoms with Crippen molar-refractivity contribution >= 4 is 0 Å². The Morgan fingerprint density at radius 3 is 2.00 bits per heavy atom. The molecule has 0 aliphatic carbocycles. The van der Waals surface area contributed by atoms with E-state index in [1.165, 1.54) is 55.7 Å². The predicted molar refractivity (Wildman–Crippen MR) is 107 cm³/mol. The fraction of sp³-hybridized carbons (Fsp3) is 0.864. The maximum absolute atomic E-state index is 5.20. The zero-order valence-electron chi connectivity index (χ0n) is 17.8. The van der Waals surface area contributed by atoms with Gasteiger partial charge in [0.1, 0.15) is 5.82 Å². The van der Waals surface area contributed by atoms with Gasteiger partial charge in [-0.2, -0.15) is 0 Å². The van der Waals surface area contributed by atoms with E-state index in [2.05, 4.69) is 67.3 Å². The summed E-state index contributed by atoms with van der Waals surface area (Å²) in [5.74, 6) is 2.33. The smallest absolute Gasteiger partial charge is 0.112 e. The third-order valence-corrected chi connectivity index (χ3v) is 5.75. The molecule has 1 unspecified atom stereocenters. The lowest BCUT2D eigenvalue weighted by molar-refractivity contribution is 0.421. The van der Waals surface area contributed by atoms with Gasteiger partial charge in [0.2, 0.25) is 0 Å². The van der Waals surface area contributed by atoms with E-state index in [-0.39, 0.29) is 10.8 Å². The number of aromatic nitrogens is 2. The normalized spacial score (nSPS) is 14.4. The number of hydrogen-bond acceptors (Lipinski definition) is 1. The van der Waals surface area contributed by atoms with Crippen LogP contribution in [-0.4, -0.2) is 9.97 Å². The number of nitrogens with one attached hydrogen (secondary N) is 1. The van der Waals surface area contributed by atoms with Crippen molar-refractivity contribution < 1.29 is 0 Å². The van der Waals surface area contributed by atoms with Gasteiger partial charge in [-0.05, 0) is 18.8 Å². The van der Waals surface area contributed by atoms with Crippen LogP contribution < -0.4 is 0 Å². The van der Waals surface area contributed by atoms with Crippen LogP contribution in [0.25, 0.3) is 0 Å². The summed E-state index contributed by atoms with van der Waals surface area (Å²) in [4.78, 5) is 8.97. The van der Waals surface area contributed by atoms with E-state index in [9.17, 15) is 0 Å². The van der Waals surface area contributed by atoms with Crippen LogP contribution in [0.5, 0.6) is 0 Å². The highest BCUT2D eigenvalue weighted by atomic mass is 15.0. The molecule has 0 saturated carbocycles. The summed E-state index contributed by atoms with van der Waals surface area (Å²) in [5, 5.41) is 0. The van der Waals surface area contributed by atoms with E-state index in [1.54, 1.807) is 0 Å². The molecule has 1 aromatic heterocycles. The van der Waals surface area contributed by atoms with Crippen molar-refractivity contribution in [2.75, 3.05) is 0 Å². The highest BCUT2D eigenvalue weighted by Crippen LogP contribution is 2.38. The van der Waals surface area contributed by atoms with Gasteiger partial charge in [-0.1, -0.05) is 88.0 Å². The summed E-state index contributed by atoms with van der Waals surface area (Å²) >= 11 is 0. The molecular formula is C22H42N2. The Hall–Kier alpha value is -0.790. The predicted octanol–water partition coefficient (Wildman–Crippen LogP) is 7.10. The molecule has 0 fully saturated rings. The number of rotatable bonds is 10. The molecular weight excluding hydrogens is 292 g/mol. The summed E-state index contributed by atoms with van der Waals surface area (Å²) in [5.41, 5.74) is 2.97. The number of nitrogens with zero attached hydrogens (tertiary/aromatic N) is 1. The van der Waals surface area contributed by atoms with Gasteiger partial charge in [0.15, 0.2) is 0 Å². The summed E-state index contributed by atoms with van der Waals surface area (Å²) in [6, 6.07) is 0. The van der Waals surface area contributed by atoms with Crippen LogP contribution in [0.1, 0.15) is 124 Å². The van der Waals surface area contributed by atoms with Gasteiger partial charge in [-0.15, -0.1) is 0 Å². The van der Waals surface area contributed by atoms with Gasteiger partial charge in [0, 0.05) is 22.4 Å². The van der Waals surface area contributed by atoms with Crippen LogP contribution in [0.3, 0.4) is 0 Å². The van der Waals surface area contributed by atoms with Gasteiger partial charge in [0.25, 0.3) is 0 Å². The van der Waals surface area contributed by atoms with Crippen LogP contribution in [0, 0.1) is 5.92 Å². The van der Waals surface area contributed by atoms with Crippen LogP contribution in [0.2, 0.25) is 0 Å². The average Bonchev–Trinajstić information content (AvgIpc) is 2.93. The molecule has 140 valence electrons. The second-order valence-corrected chi connectivity index (χ2v) is 9.36. The highest BCUT2D eigenvalue weighted by molar-refractivity contribution is 5.28. The minimum Gasteiger partial charge on any atom is -0.345 e. The second-order valence-electron chi connectivity index (χ2n) is 9.36. The Bertz CT molecular complexity index is 494. The SMILES string of the molecule is CCCCCC(C)(C)c1nc(C(C)(C)CCC)[nH]c1C(C)C(C)C. The number of aromatic amines is 1. The molecule has 1 rings (SSSR count). The number of unbranched alkanes of at least 4 members (excludes halogenated alkanes) is 2. The first-order chi connectivity index (χ1) is 11.1. The fourth-order valence-corrected chi connectivity index (χ4v) is 3.56. The number of hydrogen-bond donors (Lipinski definition) is 1. The van der Waals surface area contributed by atoms with Gasteiger partial charge in [0.05, 0.1) is 5.69 Å². The van der Waals surface area contributed by atoms with Crippen molar-refractivity contribution in [2.45, 2.75) is 118 Å². The summed E-state index contributed by atoms with van der Waals surface area (Å²) < 4.78 is 0. The van der Waals surface area contributed by atoms with E-state index in [1.807, 2.05) is 0 Å². The van der Waals surface area contributed by atoms with Crippen molar-refractivity contribution in [3.63, 3.8) is 0 Å². The topological polar surface area (TPSA) is 28.7 Å². The van der Waals surface area contributed by atoms with Crippen LogP contribution >= 0.6 is 0 Å². The first-order valence-corrected chi connectivity index (χ1v) is 10.2. The Morgan fingerprint density at radius 1 is 0.875 bits per heavy atom. The maximum Gasteiger partial charge on any atom is 0.112 e. The molecule has 2 heteroatoms. The first kappa shape index (κ1) is 21.3. The molecule has 0 radical (unpaired) electrons. The minimum atomic E-state index is 0.123. The first-order valence-electron chi connectivity index (χ1n) is 10.2. The quantitative estimate of drug-likeness (QED) is 0.454. The summed E-state index contributed by atoms with van der Waals surface area (Å²) in [6.45, 7) is 20.9. The Labute approximate surface area is 151 Å². The monoisotopic (exact) mass is 334 g/mol. The third-order valence-electron chi connectivity index (χ3n) is 5.75. The molecule has 1 heterocycles. The highest BCUT2D eigenvalue weighted by Gasteiger charge is 2.33. The second kappa shape index (κ2) is 8.54. The number of H-pyrrole nitrogens is 1. The Kier molecular flexibility index (Phi) is 7.56. The molecule has 0 aliphatic heterocycles. The lowest BCUT2D eigenvalue weighted by Gasteiger charge is -2.26. The van der Waals surface area contributed by atoms with E-state index in [0.717, 1.165) is 0 Å². The van der Waals surface area contributed by atoms with Crippen LogP contribution in [0.15, 0.2) is 0 Å². The summed E-state index contributed by atoms with van der Waals surface area (Å²) in [7, 11) is 0. The summed E-state index contributed by atoms with van der Waals surface area (Å²) in [6.07, 6.45) is 7.47. The van der Waals surface area contributed by atoms with Gasteiger partial charge in [-0.3, -0.25) is 0 Å². The van der Waals surface area contributed by atoms with E-state index in [4.69, 9.17) is 4.98 Å². The van der Waals surface area contributed by atoms with Gasteiger partial charge >= 0.3 is 0 Å². The minimum absolute atomic E-state index is 0.123. The standard InChI is InChI=1S/C22H42N2/c1-10-12-13-15-21(6,7)19-18(17(5)16(3)4)23-20(24-19)22(8,9)14-11-2/h16-17H,10-15H2,1-9H3,(H,23,24). The van der Waals surface area contributed by atoms with E-state index < -0.39 is 0 Å². The van der Waals surface area contributed by atoms with Crippen molar-refractivity contribution in [1.29, 1.82) is 0 Å². The molecule has 1 aromatic rings. The molecule has 0 aromatic carbocycles. The lowest BCUT2D eigenvalue weighted by Crippen LogP contribution is -2.22.